The number of carbonyl (C=O) groups excluding carboxylic acids is 1. The molecule has 2 N–H and O–H groups in total. The SMILES string of the molecule is Cc1ccc(CSc2nc3c(c(=O)[nH]2)C(c2ccccc2F)C2=C(CC(C)(C)CC2=O)N3)cc1. The smallest absolute Gasteiger partial charge is 0.257 e. The summed E-state index contributed by atoms with van der Waals surface area (Å²) in [6, 6.07) is 14.6. The van der Waals surface area contributed by atoms with Crippen LogP contribution in [-0.2, 0) is 10.5 Å². The molecule has 0 saturated heterocycles. The van der Waals surface area contributed by atoms with Crippen LogP contribution in [0.1, 0.15) is 54.9 Å². The molecule has 1 aliphatic heterocycles. The second-order valence-corrected chi connectivity index (χ2v) is 10.8. The molecule has 0 spiro atoms. The zero-order chi connectivity index (χ0) is 24.0. The predicted molar refractivity (Wildman–Crippen MR) is 133 cm³/mol. The molecule has 0 radical (unpaired) electrons. The highest BCUT2D eigenvalue weighted by atomic mass is 32.2. The van der Waals surface area contributed by atoms with E-state index in [-0.39, 0.29) is 22.3 Å². The van der Waals surface area contributed by atoms with E-state index in [9.17, 15) is 14.0 Å². The molecule has 0 saturated carbocycles. The largest absolute Gasteiger partial charge is 0.343 e. The summed E-state index contributed by atoms with van der Waals surface area (Å²) in [7, 11) is 0. The van der Waals surface area contributed by atoms with Crippen molar-refractivity contribution < 1.29 is 9.18 Å². The first-order valence-electron chi connectivity index (χ1n) is 11.3. The second kappa shape index (κ2) is 8.55. The number of nitrogens with one attached hydrogen (secondary N) is 2. The van der Waals surface area contributed by atoms with E-state index >= 15 is 0 Å². The molecule has 2 aliphatic rings. The molecule has 34 heavy (non-hydrogen) atoms. The van der Waals surface area contributed by atoms with E-state index in [0.29, 0.717) is 40.7 Å². The predicted octanol–water partition coefficient (Wildman–Crippen LogP) is 5.71. The third kappa shape index (κ3) is 4.20. The summed E-state index contributed by atoms with van der Waals surface area (Å²) >= 11 is 1.43. The number of aryl methyl sites for hydroxylation is 1. The van der Waals surface area contributed by atoms with E-state index < -0.39 is 11.7 Å². The Morgan fingerprint density at radius 2 is 1.82 bits per heavy atom. The molecule has 5 rings (SSSR count). The zero-order valence-electron chi connectivity index (χ0n) is 19.4. The molecule has 2 aromatic carbocycles. The van der Waals surface area contributed by atoms with Crippen LogP contribution in [0.15, 0.2) is 69.8 Å². The normalized spacial score (nSPS) is 18.8. The zero-order valence-corrected chi connectivity index (χ0v) is 20.2. The van der Waals surface area contributed by atoms with Crippen LogP contribution < -0.4 is 10.9 Å². The summed E-state index contributed by atoms with van der Waals surface area (Å²) in [6.07, 6.45) is 0.975. The first kappa shape index (κ1) is 22.6. The Morgan fingerprint density at radius 1 is 1.09 bits per heavy atom. The van der Waals surface area contributed by atoms with E-state index in [0.717, 1.165) is 11.3 Å². The topological polar surface area (TPSA) is 74.8 Å². The van der Waals surface area contributed by atoms with Gasteiger partial charge in [0.15, 0.2) is 10.9 Å². The van der Waals surface area contributed by atoms with Crippen LogP contribution in [-0.4, -0.2) is 15.8 Å². The lowest BCUT2D eigenvalue weighted by molar-refractivity contribution is -0.118. The molecule has 5 nitrogen and oxygen atoms in total. The lowest BCUT2D eigenvalue weighted by Gasteiger charge is -2.38. The van der Waals surface area contributed by atoms with Crippen molar-refractivity contribution in [1.82, 2.24) is 9.97 Å². The quantitative estimate of drug-likeness (QED) is 0.373. The standard InChI is InChI=1S/C27H26FN3O2S/c1-15-8-10-16(11-9-15)14-34-26-30-24-23(25(33)31-26)21(17-6-4-5-7-18(17)28)22-19(29-24)12-27(2,3)13-20(22)32/h4-11,21H,12-14H2,1-3H3,(H2,29,30,31,33). The molecule has 7 heteroatoms. The molecule has 0 bridgehead atoms. The summed E-state index contributed by atoms with van der Waals surface area (Å²) < 4.78 is 15.0. The molecule has 0 fully saturated rings. The molecule has 174 valence electrons. The number of halogens is 1. The van der Waals surface area contributed by atoms with Crippen molar-refractivity contribution in [3.63, 3.8) is 0 Å². The third-order valence-corrected chi connectivity index (χ3v) is 7.36. The Bertz CT molecular complexity index is 1380. The molecule has 1 atom stereocenters. The second-order valence-electron chi connectivity index (χ2n) is 9.82. The van der Waals surface area contributed by atoms with Crippen molar-refractivity contribution in [3.05, 3.63) is 98.2 Å². The van der Waals surface area contributed by atoms with Gasteiger partial charge >= 0.3 is 0 Å². The van der Waals surface area contributed by atoms with Crippen LogP contribution >= 0.6 is 11.8 Å². The van der Waals surface area contributed by atoms with Crippen molar-refractivity contribution in [1.29, 1.82) is 0 Å². The molecule has 3 aromatic rings. The Balaban J connectivity index is 1.59. The minimum Gasteiger partial charge on any atom is -0.343 e. The summed E-state index contributed by atoms with van der Waals surface area (Å²) in [5, 5.41) is 3.76. The number of anilines is 1. The number of thioether (sulfide) groups is 1. The van der Waals surface area contributed by atoms with Crippen LogP contribution in [0.2, 0.25) is 0 Å². The van der Waals surface area contributed by atoms with Crippen LogP contribution in [0.3, 0.4) is 0 Å². The average molecular weight is 476 g/mol. The van der Waals surface area contributed by atoms with Gasteiger partial charge in [-0.3, -0.25) is 9.59 Å². The number of benzene rings is 2. The summed E-state index contributed by atoms with van der Waals surface area (Å²) in [4.78, 5) is 34.2. The van der Waals surface area contributed by atoms with Gasteiger partial charge in [0.1, 0.15) is 11.6 Å². The van der Waals surface area contributed by atoms with E-state index in [1.54, 1.807) is 18.2 Å². The molecule has 1 unspecified atom stereocenters. The van der Waals surface area contributed by atoms with Gasteiger partial charge in [0.05, 0.1) is 11.5 Å². The number of ketones is 1. The van der Waals surface area contributed by atoms with Gasteiger partial charge in [-0.25, -0.2) is 9.37 Å². The van der Waals surface area contributed by atoms with Crippen LogP contribution in [0.25, 0.3) is 0 Å². The number of fused-ring (bicyclic) bond motifs is 1. The number of carbonyl (C=O) groups is 1. The van der Waals surface area contributed by atoms with Crippen molar-refractivity contribution in [3.8, 4) is 0 Å². The number of Topliss-reactive ketones (excluding diaryl/α,β-unsaturated/α-hetero) is 1. The fourth-order valence-electron chi connectivity index (χ4n) is 4.82. The molecular formula is C27H26FN3O2S. The van der Waals surface area contributed by atoms with E-state index in [4.69, 9.17) is 4.98 Å². The van der Waals surface area contributed by atoms with E-state index in [2.05, 4.69) is 34.6 Å². The van der Waals surface area contributed by atoms with E-state index in [1.807, 2.05) is 20.8 Å². The van der Waals surface area contributed by atoms with Crippen molar-refractivity contribution in [2.24, 2.45) is 5.41 Å². The third-order valence-electron chi connectivity index (χ3n) is 6.41. The highest BCUT2D eigenvalue weighted by Crippen LogP contribution is 2.48. The number of H-pyrrole nitrogens is 1. The average Bonchev–Trinajstić information content (AvgIpc) is 2.77. The maximum absolute atomic E-state index is 15.0. The summed E-state index contributed by atoms with van der Waals surface area (Å²) in [5.41, 5.74) is 3.53. The fourth-order valence-corrected chi connectivity index (χ4v) is 5.63. The van der Waals surface area contributed by atoms with E-state index in [1.165, 1.54) is 23.4 Å². The van der Waals surface area contributed by atoms with Gasteiger partial charge in [0.2, 0.25) is 0 Å². The van der Waals surface area contributed by atoms with Crippen LogP contribution in [0.5, 0.6) is 0 Å². The fraction of sp³-hybridized carbons (Fsp3) is 0.296. The number of hydrogen-bond acceptors (Lipinski definition) is 5. The highest BCUT2D eigenvalue weighted by molar-refractivity contribution is 7.98. The molecule has 2 heterocycles. The summed E-state index contributed by atoms with van der Waals surface area (Å²) in [5.74, 6) is -0.244. The van der Waals surface area contributed by atoms with Gasteiger partial charge in [0.25, 0.3) is 5.56 Å². The molecule has 0 amide bonds. The number of aromatic amines is 1. The van der Waals surface area contributed by atoms with Crippen LogP contribution in [0, 0.1) is 18.2 Å². The van der Waals surface area contributed by atoms with Gasteiger partial charge < -0.3 is 10.3 Å². The lowest BCUT2D eigenvalue weighted by Crippen LogP contribution is -2.37. The lowest BCUT2D eigenvalue weighted by atomic mass is 9.69. The van der Waals surface area contributed by atoms with Crippen molar-refractivity contribution in [2.75, 3.05) is 5.32 Å². The summed E-state index contributed by atoms with van der Waals surface area (Å²) in [6.45, 7) is 6.12. The highest BCUT2D eigenvalue weighted by Gasteiger charge is 2.43. The Kier molecular flexibility index (Phi) is 5.68. The molecular weight excluding hydrogens is 449 g/mol. The Hall–Kier alpha value is -3.19. The Morgan fingerprint density at radius 3 is 2.56 bits per heavy atom. The number of aromatic nitrogens is 2. The minimum absolute atomic E-state index is 0.0603. The van der Waals surface area contributed by atoms with Crippen LogP contribution in [0.4, 0.5) is 10.2 Å². The first-order valence-corrected chi connectivity index (χ1v) is 12.3. The monoisotopic (exact) mass is 475 g/mol. The van der Waals surface area contributed by atoms with Gasteiger partial charge in [-0.1, -0.05) is 73.6 Å². The molecule has 1 aliphatic carbocycles. The molecule has 1 aromatic heterocycles. The van der Waals surface area contributed by atoms with Gasteiger partial charge in [-0.05, 0) is 30.4 Å². The first-order chi connectivity index (χ1) is 16.2. The van der Waals surface area contributed by atoms with Gasteiger partial charge in [0, 0.05) is 29.0 Å². The number of nitrogens with zero attached hydrogens (tertiary/aromatic N) is 1. The van der Waals surface area contributed by atoms with Gasteiger partial charge in [-0.2, -0.15) is 0 Å². The number of hydrogen-bond donors (Lipinski definition) is 2. The van der Waals surface area contributed by atoms with Gasteiger partial charge in [-0.15, -0.1) is 0 Å². The number of allylic oxidation sites excluding steroid dienone is 2. The maximum Gasteiger partial charge on any atom is 0.257 e. The van der Waals surface area contributed by atoms with Crippen molar-refractivity contribution >= 4 is 23.4 Å². The maximum atomic E-state index is 15.0. The number of rotatable bonds is 4. The van der Waals surface area contributed by atoms with Crippen molar-refractivity contribution in [2.45, 2.75) is 50.4 Å². The minimum atomic E-state index is -0.788. The Labute approximate surface area is 201 Å².